The van der Waals surface area contributed by atoms with E-state index in [0.717, 1.165) is 18.0 Å². The quantitative estimate of drug-likeness (QED) is 0.752. The fraction of sp³-hybridized carbons (Fsp3) is 0.600. The number of aromatic nitrogens is 1. The standard InChI is InChI=1S/C15H19NO2/c1-4-18-14(17)12-6-5-9-7-10-8-11(13(9)16-12)15(10,2)3/h5-6,10-11H,4,7-8H2,1-3H3/t10-,11-/m1/s1. The summed E-state index contributed by atoms with van der Waals surface area (Å²) in [5.41, 5.74) is 3.25. The number of esters is 1. The number of carbonyl (C=O) groups excluding carboxylic acids is 1. The molecule has 1 heterocycles. The van der Waals surface area contributed by atoms with Crippen molar-refractivity contribution in [2.75, 3.05) is 6.61 Å². The van der Waals surface area contributed by atoms with Gasteiger partial charge < -0.3 is 4.74 Å². The van der Waals surface area contributed by atoms with Crippen LogP contribution in [-0.4, -0.2) is 17.6 Å². The average Bonchev–Trinajstić information content (AvgIpc) is 2.37. The monoisotopic (exact) mass is 245 g/mol. The van der Waals surface area contributed by atoms with Crippen molar-refractivity contribution in [2.24, 2.45) is 11.3 Å². The number of nitrogens with zero attached hydrogens (tertiary/aromatic N) is 1. The van der Waals surface area contributed by atoms with Crippen molar-refractivity contribution in [3.63, 3.8) is 0 Å². The topological polar surface area (TPSA) is 39.2 Å². The minimum atomic E-state index is -0.306. The Morgan fingerprint density at radius 2 is 2.28 bits per heavy atom. The molecule has 0 spiro atoms. The van der Waals surface area contributed by atoms with Crippen molar-refractivity contribution in [3.05, 3.63) is 29.1 Å². The van der Waals surface area contributed by atoms with Crippen LogP contribution in [0.4, 0.5) is 0 Å². The van der Waals surface area contributed by atoms with E-state index in [1.807, 2.05) is 6.92 Å². The van der Waals surface area contributed by atoms with E-state index >= 15 is 0 Å². The third kappa shape index (κ3) is 1.49. The summed E-state index contributed by atoms with van der Waals surface area (Å²) in [5, 5.41) is 0. The van der Waals surface area contributed by atoms with E-state index in [1.165, 1.54) is 12.0 Å². The summed E-state index contributed by atoms with van der Waals surface area (Å²) in [6, 6.07) is 3.86. The number of ether oxygens (including phenoxy) is 1. The van der Waals surface area contributed by atoms with Crippen LogP contribution < -0.4 is 0 Å². The highest BCUT2D eigenvalue weighted by Crippen LogP contribution is 2.61. The number of rotatable bonds is 2. The van der Waals surface area contributed by atoms with Gasteiger partial charge in [0.25, 0.3) is 0 Å². The third-order valence-electron chi connectivity index (χ3n) is 4.76. The number of pyridine rings is 1. The van der Waals surface area contributed by atoms with Crippen LogP contribution in [-0.2, 0) is 11.2 Å². The highest BCUT2D eigenvalue weighted by atomic mass is 16.5. The first-order valence-electron chi connectivity index (χ1n) is 6.71. The molecule has 18 heavy (non-hydrogen) atoms. The van der Waals surface area contributed by atoms with E-state index in [-0.39, 0.29) is 5.97 Å². The SMILES string of the molecule is CCOC(=O)c1ccc2c(n1)[C@H]1C[C@@H](C2)C1(C)C. The van der Waals surface area contributed by atoms with Crippen LogP contribution in [0.3, 0.4) is 0 Å². The number of hydrogen-bond donors (Lipinski definition) is 0. The molecule has 0 aromatic carbocycles. The predicted molar refractivity (Wildman–Crippen MR) is 68.5 cm³/mol. The summed E-state index contributed by atoms with van der Waals surface area (Å²) in [4.78, 5) is 16.3. The maximum atomic E-state index is 11.7. The van der Waals surface area contributed by atoms with E-state index in [0.29, 0.717) is 23.6 Å². The lowest BCUT2D eigenvalue weighted by Crippen LogP contribution is -2.48. The Morgan fingerprint density at radius 1 is 1.50 bits per heavy atom. The van der Waals surface area contributed by atoms with Crippen LogP contribution in [0.1, 0.15) is 54.9 Å². The zero-order valence-electron chi connectivity index (χ0n) is 11.2. The maximum Gasteiger partial charge on any atom is 0.356 e. The molecule has 0 aliphatic heterocycles. The third-order valence-corrected chi connectivity index (χ3v) is 4.76. The summed E-state index contributed by atoms with van der Waals surface area (Å²) in [7, 11) is 0. The van der Waals surface area contributed by atoms with Gasteiger partial charge in [0, 0.05) is 11.6 Å². The zero-order chi connectivity index (χ0) is 12.9. The lowest BCUT2D eigenvalue weighted by atomic mass is 9.48. The van der Waals surface area contributed by atoms with Crippen LogP contribution in [0, 0.1) is 11.3 Å². The average molecular weight is 245 g/mol. The van der Waals surface area contributed by atoms with Crippen molar-refractivity contribution in [1.29, 1.82) is 0 Å². The van der Waals surface area contributed by atoms with Gasteiger partial charge in [-0.3, -0.25) is 0 Å². The molecule has 2 atom stereocenters. The van der Waals surface area contributed by atoms with Crippen molar-refractivity contribution in [1.82, 2.24) is 4.98 Å². The van der Waals surface area contributed by atoms with Gasteiger partial charge in [-0.05, 0) is 42.7 Å². The minimum absolute atomic E-state index is 0.306. The molecule has 96 valence electrons. The Kier molecular flexibility index (Phi) is 2.47. The molecule has 0 saturated heterocycles. The highest BCUT2D eigenvalue weighted by Gasteiger charge is 2.53. The van der Waals surface area contributed by atoms with Crippen molar-refractivity contribution < 1.29 is 9.53 Å². The lowest BCUT2D eigenvalue weighted by Gasteiger charge is -2.56. The van der Waals surface area contributed by atoms with Crippen LogP contribution >= 0.6 is 0 Å². The van der Waals surface area contributed by atoms with Gasteiger partial charge in [-0.1, -0.05) is 19.9 Å². The van der Waals surface area contributed by atoms with Crippen LogP contribution in [0.5, 0.6) is 0 Å². The summed E-state index contributed by atoms with van der Waals surface area (Å²) >= 11 is 0. The Balaban J connectivity index is 1.96. The van der Waals surface area contributed by atoms with Crippen molar-refractivity contribution in [3.8, 4) is 0 Å². The Bertz CT molecular complexity index is 507. The molecular weight excluding hydrogens is 226 g/mol. The van der Waals surface area contributed by atoms with Gasteiger partial charge in [-0.2, -0.15) is 0 Å². The largest absolute Gasteiger partial charge is 0.461 e. The van der Waals surface area contributed by atoms with Gasteiger partial charge in [0.05, 0.1) is 6.61 Å². The summed E-state index contributed by atoms with van der Waals surface area (Å²) in [6.45, 7) is 6.84. The first-order valence-corrected chi connectivity index (χ1v) is 6.71. The lowest BCUT2D eigenvalue weighted by molar-refractivity contribution is 0.0150. The zero-order valence-corrected chi connectivity index (χ0v) is 11.2. The molecule has 0 unspecified atom stereocenters. The fourth-order valence-corrected chi connectivity index (χ4v) is 3.39. The predicted octanol–water partition coefficient (Wildman–Crippen LogP) is 2.94. The Hall–Kier alpha value is -1.38. The second-order valence-electron chi connectivity index (χ2n) is 5.97. The second kappa shape index (κ2) is 3.81. The van der Waals surface area contributed by atoms with Gasteiger partial charge in [0.15, 0.2) is 0 Å². The molecule has 3 aliphatic rings. The van der Waals surface area contributed by atoms with Crippen LogP contribution in [0.25, 0.3) is 0 Å². The molecule has 3 nitrogen and oxygen atoms in total. The molecule has 3 heteroatoms. The van der Waals surface area contributed by atoms with Crippen LogP contribution in [0.2, 0.25) is 0 Å². The van der Waals surface area contributed by atoms with E-state index in [1.54, 1.807) is 6.07 Å². The van der Waals surface area contributed by atoms with Gasteiger partial charge in [0.2, 0.25) is 0 Å². The van der Waals surface area contributed by atoms with Crippen molar-refractivity contribution in [2.45, 2.75) is 39.5 Å². The number of carbonyl (C=O) groups is 1. The molecule has 0 radical (unpaired) electrons. The van der Waals surface area contributed by atoms with Gasteiger partial charge in [0.1, 0.15) is 5.69 Å². The normalized spacial score (nSPS) is 27.1. The molecule has 1 saturated carbocycles. The first kappa shape index (κ1) is 11.7. The van der Waals surface area contributed by atoms with Crippen LogP contribution in [0.15, 0.2) is 12.1 Å². The summed E-state index contributed by atoms with van der Waals surface area (Å²) in [6.07, 6.45) is 2.33. The van der Waals surface area contributed by atoms with Gasteiger partial charge in [-0.15, -0.1) is 0 Å². The van der Waals surface area contributed by atoms with E-state index in [2.05, 4.69) is 24.9 Å². The Morgan fingerprint density at radius 3 is 2.94 bits per heavy atom. The fourth-order valence-electron chi connectivity index (χ4n) is 3.39. The molecule has 4 rings (SSSR count). The van der Waals surface area contributed by atoms with Gasteiger partial charge >= 0.3 is 5.97 Å². The smallest absolute Gasteiger partial charge is 0.356 e. The number of hydrogen-bond acceptors (Lipinski definition) is 3. The van der Waals surface area contributed by atoms with E-state index in [4.69, 9.17) is 4.74 Å². The molecule has 1 fully saturated rings. The summed E-state index contributed by atoms with van der Waals surface area (Å²) < 4.78 is 5.02. The second-order valence-corrected chi connectivity index (χ2v) is 5.97. The maximum absolute atomic E-state index is 11.7. The molecule has 1 aromatic heterocycles. The minimum Gasteiger partial charge on any atom is -0.461 e. The van der Waals surface area contributed by atoms with Gasteiger partial charge in [-0.25, -0.2) is 9.78 Å². The molecule has 0 amide bonds. The van der Waals surface area contributed by atoms with E-state index in [9.17, 15) is 4.79 Å². The highest BCUT2D eigenvalue weighted by molar-refractivity contribution is 5.87. The first-order chi connectivity index (χ1) is 8.54. The molecule has 3 aliphatic carbocycles. The molecule has 0 N–H and O–H groups in total. The molecular formula is C15H19NO2. The molecule has 2 bridgehead atoms. The Labute approximate surface area is 108 Å². The van der Waals surface area contributed by atoms with E-state index < -0.39 is 0 Å². The molecule has 1 aromatic rings. The van der Waals surface area contributed by atoms with Crippen molar-refractivity contribution >= 4 is 5.97 Å². The summed E-state index contributed by atoms with van der Waals surface area (Å²) in [5.74, 6) is 0.991.